The molecule has 3 atom stereocenters. The Morgan fingerprint density at radius 3 is 1.61 bits per heavy atom. The van der Waals surface area contributed by atoms with E-state index in [1.165, 1.54) is 77.0 Å². The highest BCUT2D eigenvalue weighted by atomic mass is 16.5. The first kappa shape index (κ1) is 37.1. The number of carboxylic acid groups (broad SMARTS) is 1. The maximum absolute atomic E-state index is 11.5. The van der Waals surface area contributed by atoms with E-state index >= 15 is 0 Å². The Morgan fingerprint density at radius 1 is 0.611 bits per heavy atom. The van der Waals surface area contributed by atoms with Gasteiger partial charge in [-0.1, -0.05) is 138 Å². The second-order valence-electron chi connectivity index (χ2n) is 10.8. The molecule has 0 saturated carbocycles. The summed E-state index contributed by atoms with van der Waals surface area (Å²) in [5.74, 6) is 0.484. The third-order valence-corrected chi connectivity index (χ3v) is 7.42. The molecule has 1 N–H and O–H groups in total. The first-order chi connectivity index (χ1) is 17.4. The van der Waals surface area contributed by atoms with Gasteiger partial charge >= 0.3 is 11.9 Å². The van der Waals surface area contributed by atoms with E-state index in [1.807, 2.05) is 0 Å². The second kappa shape index (κ2) is 28.5. The molecular formula is C32H64O4. The van der Waals surface area contributed by atoms with Crippen LogP contribution in [0.2, 0.25) is 0 Å². The number of ether oxygens (including phenoxy) is 1. The third-order valence-electron chi connectivity index (χ3n) is 7.42. The highest BCUT2D eigenvalue weighted by molar-refractivity contribution is 5.70. The zero-order valence-corrected chi connectivity index (χ0v) is 25.3. The molecule has 0 fully saturated rings. The highest BCUT2D eigenvalue weighted by Crippen LogP contribution is 2.25. The van der Waals surface area contributed by atoms with Gasteiger partial charge in [-0.2, -0.15) is 0 Å². The van der Waals surface area contributed by atoms with Crippen LogP contribution in [-0.4, -0.2) is 23.7 Å². The molecule has 4 nitrogen and oxygen atoms in total. The molecule has 0 aromatic carbocycles. The van der Waals surface area contributed by atoms with Crippen LogP contribution in [0.5, 0.6) is 0 Å². The summed E-state index contributed by atoms with van der Waals surface area (Å²) in [5, 5.41) is 9.30. The molecule has 0 heterocycles. The summed E-state index contributed by atoms with van der Waals surface area (Å²) in [5.41, 5.74) is 0. The molecule has 0 bridgehead atoms. The fourth-order valence-electron chi connectivity index (χ4n) is 4.60. The van der Waals surface area contributed by atoms with Gasteiger partial charge in [0, 0.05) is 6.42 Å². The predicted molar refractivity (Wildman–Crippen MR) is 155 cm³/mol. The smallest absolute Gasteiger partial charge is 0.306 e. The van der Waals surface area contributed by atoms with Crippen molar-refractivity contribution in [1.82, 2.24) is 0 Å². The van der Waals surface area contributed by atoms with Crippen LogP contribution in [0.15, 0.2) is 0 Å². The average Bonchev–Trinajstić information content (AvgIpc) is 2.88. The lowest BCUT2D eigenvalue weighted by atomic mass is 9.86. The lowest BCUT2D eigenvalue weighted by Gasteiger charge is -2.19. The minimum absolute atomic E-state index is 0.00134. The summed E-state index contributed by atoms with van der Waals surface area (Å²) < 4.78 is 5.36. The number of unbranched alkanes of at least 4 members (excludes halogenated alkanes) is 9. The van der Waals surface area contributed by atoms with Gasteiger partial charge in [-0.15, -0.1) is 0 Å². The maximum atomic E-state index is 11.5. The van der Waals surface area contributed by atoms with Crippen molar-refractivity contribution in [1.29, 1.82) is 0 Å². The van der Waals surface area contributed by atoms with Crippen LogP contribution >= 0.6 is 0 Å². The van der Waals surface area contributed by atoms with Gasteiger partial charge in [0.1, 0.15) is 0 Å². The van der Waals surface area contributed by atoms with Crippen molar-refractivity contribution in [2.24, 2.45) is 17.8 Å². The molecule has 0 spiro atoms. The van der Waals surface area contributed by atoms with Crippen LogP contribution in [-0.2, 0) is 14.3 Å². The van der Waals surface area contributed by atoms with Gasteiger partial charge in [0.15, 0.2) is 0 Å². The molecule has 36 heavy (non-hydrogen) atoms. The molecular weight excluding hydrogens is 448 g/mol. The fraction of sp³-hybridized carbons (Fsp3) is 0.938. The summed E-state index contributed by atoms with van der Waals surface area (Å²) in [4.78, 5) is 22.8. The normalized spacial score (nSPS) is 13.4. The largest absolute Gasteiger partial charge is 0.481 e. The van der Waals surface area contributed by atoms with Gasteiger partial charge < -0.3 is 9.84 Å². The fourth-order valence-corrected chi connectivity index (χ4v) is 4.60. The van der Waals surface area contributed by atoms with Crippen LogP contribution in [0.1, 0.15) is 170 Å². The van der Waals surface area contributed by atoms with Crippen molar-refractivity contribution in [3.05, 3.63) is 0 Å². The molecule has 0 saturated heterocycles. The van der Waals surface area contributed by atoms with E-state index in [0.717, 1.165) is 44.9 Å². The number of aliphatic carboxylic acids is 1. The minimum Gasteiger partial charge on any atom is -0.481 e. The zero-order chi connectivity index (χ0) is 27.4. The summed E-state index contributed by atoms with van der Waals surface area (Å²) >= 11 is 0. The van der Waals surface area contributed by atoms with E-state index in [2.05, 4.69) is 41.5 Å². The Kier molecular flexibility index (Phi) is 29.4. The molecule has 0 aromatic rings. The number of hydrogen-bond donors (Lipinski definition) is 1. The van der Waals surface area contributed by atoms with Crippen molar-refractivity contribution in [2.75, 3.05) is 6.61 Å². The van der Waals surface area contributed by atoms with Gasteiger partial charge in [0.2, 0.25) is 0 Å². The lowest BCUT2D eigenvalue weighted by molar-refractivity contribution is -0.145. The van der Waals surface area contributed by atoms with Gasteiger partial charge in [0.05, 0.1) is 12.5 Å². The third kappa shape index (κ3) is 24.6. The monoisotopic (exact) mass is 512 g/mol. The number of carboxylic acids is 1. The Morgan fingerprint density at radius 2 is 1.11 bits per heavy atom. The van der Waals surface area contributed by atoms with Gasteiger partial charge in [-0.05, 0) is 37.5 Å². The maximum Gasteiger partial charge on any atom is 0.306 e. The number of esters is 1. The molecule has 0 aliphatic rings. The predicted octanol–water partition coefficient (Wildman–Crippen LogP) is 10.4. The summed E-state index contributed by atoms with van der Waals surface area (Å²) in [7, 11) is 0. The van der Waals surface area contributed by atoms with E-state index in [9.17, 15) is 14.7 Å². The van der Waals surface area contributed by atoms with Crippen molar-refractivity contribution in [2.45, 2.75) is 170 Å². The van der Waals surface area contributed by atoms with Gasteiger partial charge in [0.25, 0.3) is 0 Å². The molecule has 0 aromatic heterocycles. The zero-order valence-electron chi connectivity index (χ0n) is 25.3. The lowest BCUT2D eigenvalue weighted by Crippen LogP contribution is -2.18. The number of hydrogen-bond acceptors (Lipinski definition) is 3. The Bertz CT molecular complexity index is 475. The van der Waals surface area contributed by atoms with E-state index in [-0.39, 0.29) is 11.9 Å². The minimum atomic E-state index is -0.582. The van der Waals surface area contributed by atoms with Crippen molar-refractivity contribution in [3.63, 3.8) is 0 Å². The molecule has 0 aliphatic heterocycles. The highest BCUT2D eigenvalue weighted by Gasteiger charge is 2.21. The molecule has 0 aliphatic carbocycles. The molecule has 216 valence electrons. The number of rotatable bonds is 24. The van der Waals surface area contributed by atoms with Crippen LogP contribution in [0.3, 0.4) is 0 Å². The molecule has 0 radical (unpaired) electrons. The Balaban J connectivity index is 0. The van der Waals surface area contributed by atoms with Crippen molar-refractivity contribution in [3.8, 4) is 0 Å². The van der Waals surface area contributed by atoms with Gasteiger partial charge in [-0.3, -0.25) is 9.59 Å². The summed E-state index contributed by atoms with van der Waals surface area (Å²) in [6.45, 7) is 13.8. The topological polar surface area (TPSA) is 63.6 Å². The molecule has 3 unspecified atom stereocenters. The number of carbonyl (C=O) groups excluding carboxylic acids is 1. The quantitative estimate of drug-likeness (QED) is 0.103. The van der Waals surface area contributed by atoms with Crippen LogP contribution in [0.25, 0.3) is 0 Å². The van der Waals surface area contributed by atoms with E-state index < -0.39 is 5.97 Å². The Labute approximate surface area is 225 Å². The van der Waals surface area contributed by atoms with Gasteiger partial charge in [-0.25, -0.2) is 0 Å². The Hall–Kier alpha value is -1.06. The van der Waals surface area contributed by atoms with Crippen LogP contribution in [0, 0.1) is 17.8 Å². The standard InChI is InChI=1S/2C16H32O2/c1-4-7-9-10-11-13-16(17)18-14-15(6-3)12-8-5-2;1-4-7-9-10-12-15(16(17)18)13-14(6-3)11-8-5-2/h15H,4-14H2,1-3H3;14-15H,4-13H2,1-3H3,(H,17,18). The van der Waals surface area contributed by atoms with Crippen molar-refractivity contribution >= 4 is 11.9 Å². The molecule has 4 heteroatoms. The molecule has 0 amide bonds. The van der Waals surface area contributed by atoms with E-state index in [0.29, 0.717) is 24.9 Å². The van der Waals surface area contributed by atoms with E-state index in [4.69, 9.17) is 4.74 Å². The van der Waals surface area contributed by atoms with Crippen LogP contribution < -0.4 is 0 Å². The average molecular weight is 513 g/mol. The SMILES string of the molecule is CCCCCCC(CC(CC)CCCC)C(=O)O.CCCCCCCC(=O)OCC(CC)CCCC. The van der Waals surface area contributed by atoms with Crippen LogP contribution in [0.4, 0.5) is 0 Å². The molecule has 0 rings (SSSR count). The van der Waals surface area contributed by atoms with E-state index in [1.54, 1.807) is 0 Å². The summed E-state index contributed by atoms with van der Waals surface area (Å²) in [6.07, 6.45) is 22.6. The van der Waals surface area contributed by atoms with Crippen molar-refractivity contribution < 1.29 is 19.4 Å². The summed E-state index contributed by atoms with van der Waals surface area (Å²) in [6, 6.07) is 0. The first-order valence-corrected chi connectivity index (χ1v) is 15.8. The first-order valence-electron chi connectivity index (χ1n) is 15.8. The number of carbonyl (C=O) groups is 2. The second-order valence-corrected chi connectivity index (χ2v) is 10.8.